The van der Waals surface area contributed by atoms with E-state index in [0.717, 1.165) is 12.8 Å². The van der Waals surface area contributed by atoms with Crippen LogP contribution in [0.15, 0.2) is 6.07 Å². The van der Waals surface area contributed by atoms with Crippen molar-refractivity contribution < 1.29 is 0 Å². The molecule has 0 aliphatic heterocycles. The summed E-state index contributed by atoms with van der Waals surface area (Å²) in [5.74, 6) is 7.34. The summed E-state index contributed by atoms with van der Waals surface area (Å²) < 4.78 is 0. The highest BCUT2D eigenvalue weighted by Crippen LogP contribution is 2.18. The summed E-state index contributed by atoms with van der Waals surface area (Å²) in [5, 5.41) is 3.33. The van der Waals surface area contributed by atoms with Gasteiger partial charge in [-0.2, -0.15) is 9.97 Å². The summed E-state index contributed by atoms with van der Waals surface area (Å²) in [4.78, 5) is 8.07. The Morgan fingerprint density at radius 3 is 2.35 bits per heavy atom. The van der Waals surface area contributed by atoms with Crippen molar-refractivity contribution in [3.8, 4) is 0 Å². The number of rotatable bonds is 6. The Hall–Kier alpha value is -1.56. The molecular formula is C11H22N6. The highest BCUT2D eigenvalue weighted by Gasteiger charge is 2.14. The van der Waals surface area contributed by atoms with Gasteiger partial charge in [0, 0.05) is 12.1 Å². The minimum absolute atomic E-state index is 0.208. The Balaban J connectivity index is 2.76. The van der Waals surface area contributed by atoms with Gasteiger partial charge in [0.25, 0.3) is 0 Å². The van der Waals surface area contributed by atoms with Gasteiger partial charge < -0.3 is 16.5 Å². The SMILES string of the molecule is CCC(CC)C(C)Nc1cc(NN)nc(N)n1. The molecule has 0 aliphatic carbocycles. The quantitative estimate of drug-likeness (QED) is 0.443. The molecule has 0 spiro atoms. The van der Waals surface area contributed by atoms with Gasteiger partial charge in [0.05, 0.1) is 0 Å². The minimum atomic E-state index is 0.208. The van der Waals surface area contributed by atoms with Crippen molar-refractivity contribution in [3.05, 3.63) is 6.07 Å². The lowest BCUT2D eigenvalue weighted by atomic mass is 9.95. The molecule has 17 heavy (non-hydrogen) atoms. The molecule has 0 fully saturated rings. The molecule has 0 aliphatic rings. The predicted molar refractivity (Wildman–Crippen MR) is 71.4 cm³/mol. The molecule has 6 N–H and O–H groups in total. The summed E-state index contributed by atoms with van der Waals surface area (Å²) in [7, 11) is 0. The smallest absolute Gasteiger partial charge is 0.223 e. The molecule has 1 heterocycles. The van der Waals surface area contributed by atoms with Crippen molar-refractivity contribution in [1.29, 1.82) is 0 Å². The first-order chi connectivity index (χ1) is 8.10. The number of hydrogen-bond donors (Lipinski definition) is 4. The van der Waals surface area contributed by atoms with Crippen LogP contribution in [0.1, 0.15) is 33.6 Å². The Labute approximate surface area is 102 Å². The van der Waals surface area contributed by atoms with Crippen LogP contribution in [0, 0.1) is 5.92 Å². The maximum atomic E-state index is 5.59. The lowest BCUT2D eigenvalue weighted by molar-refractivity contribution is 0.437. The predicted octanol–water partition coefficient (Wildman–Crippen LogP) is 1.58. The first-order valence-corrected chi connectivity index (χ1v) is 5.98. The number of anilines is 3. The van der Waals surface area contributed by atoms with E-state index in [9.17, 15) is 0 Å². The fourth-order valence-electron chi connectivity index (χ4n) is 1.96. The molecule has 1 aromatic heterocycles. The summed E-state index contributed by atoms with van der Waals surface area (Å²) in [6.07, 6.45) is 2.26. The van der Waals surface area contributed by atoms with Gasteiger partial charge in [0.15, 0.2) is 0 Å². The van der Waals surface area contributed by atoms with Crippen LogP contribution >= 0.6 is 0 Å². The molecule has 1 rings (SSSR count). The van der Waals surface area contributed by atoms with Crippen LogP contribution in [-0.2, 0) is 0 Å². The Morgan fingerprint density at radius 2 is 1.82 bits per heavy atom. The van der Waals surface area contributed by atoms with E-state index in [1.165, 1.54) is 0 Å². The number of nitrogens with two attached hydrogens (primary N) is 2. The molecule has 0 radical (unpaired) electrons. The van der Waals surface area contributed by atoms with Crippen molar-refractivity contribution in [1.82, 2.24) is 9.97 Å². The van der Waals surface area contributed by atoms with Gasteiger partial charge in [-0.3, -0.25) is 0 Å². The van der Waals surface area contributed by atoms with E-state index in [1.807, 2.05) is 0 Å². The third kappa shape index (κ3) is 3.74. The van der Waals surface area contributed by atoms with E-state index in [1.54, 1.807) is 6.07 Å². The molecule has 0 saturated carbocycles. The van der Waals surface area contributed by atoms with E-state index >= 15 is 0 Å². The fraction of sp³-hybridized carbons (Fsp3) is 0.636. The van der Waals surface area contributed by atoms with E-state index in [2.05, 4.69) is 41.5 Å². The average molecular weight is 238 g/mol. The summed E-state index contributed by atoms with van der Waals surface area (Å²) in [5.41, 5.74) is 8.06. The van der Waals surface area contributed by atoms with Gasteiger partial charge >= 0.3 is 0 Å². The number of aromatic nitrogens is 2. The Morgan fingerprint density at radius 1 is 1.24 bits per heavy atom. The van der Waals surface area contributed by atoms with Crippen molar-refractivity contribution >= 4 is 17.6 Å². The third-order valence-corrected chi connectivity index (χ3v) is 3.02. The molecule has 96 valence electrons. The van der Waals surface area contributed by atoms with Crippen LogP contribution in [0.3, 0.4) is 0 Å². The number of hydrazine groups is 1. The van der Waals surface area contributed by atoms with Gasteiger partial charge in [0.2, 0.25) is 5.95 Å². The lowest BCUT2D eigenvalue weighted by Gasteiger charge is -2.23. The first-order valence-electron chi connectivity index (χ1n) is 5.98. The monoisotopic (exact) mass is 238 g/mol. The van der Waals surface area contributed by atoms with Crippen LogP contribution in [0.5, 0.6) is 0 Å². The van der Waals surface area contributed by atoms with Gasteiger partial charge in [-0.25, -0.2) is 5.84 Å². The first kappa shape index (κ1) is 13.5. The molecule has 6 heteroatoms. The molecular weight excluding hydrogens is 216 g/mol. The van der Waals surface area contributed by atoms with Crippen LogP contribution in [0.2, 0.25) is 0 Å². The molecule has 6 nitrogen and oxygen atoms in total. The maximum absolute atomic E-state index is 5.59. The van der Waals surface area contributed by atoms with Crippen LogP contribution < -0.4 is 22.3 Å². The molecule has 1 aromatic rings. The highest BCUT2D eigenvalue weighted by molar-refractivity contribution is 5.50. The molecule has 0 aromatic carbocycles. The zero-order chi connectivity index (χ0) is 12.8. The zero-order valence-corrected chi connectivity index (χ0v) is 10.7. The second-order valence-electron chi connectivity index (χ2n) is 4.15. The van der Waals surface area contributed by atoms with E-state index in [0.29, 0.717) is 23.6 Å². The maximum Gasteiger partial charge on any atom is 0.223 e. The van der Waals surface area contributed by atoms with Gasteiger partial charge in [-0.1, -0.05) is 26.7 Å². The van der Waals surface area contributed by atoms with Crippen molar-refractivity contribution in [2.24, 2.45) is 11.8 Å². The van der Waals surface area contributed by atoms with Crippen molar-refractivity contribution in [2.45, 2.75) is 39.7 Å². The van der Waals surface area contributed by atoms with E-state index in [4.69, 9.17) is 11.6 Å². The second kappa shape index (κ2) is 6.24. The number of hydrogen-bond acceptors (Lipinski definition) is 6. The van der Waals surface area contributed by atoms with Crippen molar-refractivity contribution in [3.63, 3.8) is 0 Å². The average Bonchev–Trinajstić information content (AvgIpc) is 2.29. The van der Waals surface area contributed by atoms with Crippen LogP contribution in [-0.4, -0.2) is 16.0 Å². The van der Waals surface area contributed by atoms with Crippen LogP contribution in [0.4, 0.5) is 17.6 Å². The van der Waals surface area contributed by atoms with Crippen LogP contribution in [0.25, 0.3) is 0 Å². The number of nitrogens with one attached hydrogen (secondary N) is 2. The molecule has 0 bridgehead atoms. The molecule has 0 saturated heterocycles. The van der Waals surface area contributed by atoms with Gasteiger partial charge in [-0.05, 0) is 12.8 Å². The standard InChI is InChI=1S/C11H22N6/c1-4-8(5-2)7(3)14-9-6-10(17-13)16-11(12)15-9/h6-8H,4-5,13H2,1-3H3,(H4,12,14,15,16,17). The van der Waals surface area contributed by atoms with E-state index < -0.39 is 0 Å². The van der Waals surface area contributed by atoms with Crippen molar-refractivity contribution in [2.75, 3.05) is 16.5 Å². The molecule has 1 unspecified atom stereocenters. The van der Waals surface area contributed by atoms with Gasteiger partial charge in [-0.15, -0.1) is 0 Å². The fourth-order valence-corrected chi connectivity index (χ4v) is 1.96. The minimum Gasteiger partial charge on any atom is -0.368 e. The Bertz CT molecular complexity index is 350. The topological polar surface area (TPSA) is 102 Å². The summed E-state index contributed by atoms with van der Waals surface area (Å²) >= 11 is 0. The summed E-state index contributed by atoms with van der Waals surface area (Å²) in [6.45, 7) is 6.52. The zero-order valence-electron chi connectivity index (χ0n) is 10.7. The third-order valence-electron chi connectivity index (χ3n) is 3.02. The molecule has 1 atom stereocenters. The summed E-state index contributed by atoms with van der Waals surface area (Å²) in [6, 6.07) is 2.08. The molecule has 0 amide bonds. The number of nitrogen functional groups attached to an aromatic ring is 2. The van der Waals surface area contributed by atoms with E-state index in [-0.39, 0.29) is 5.95 Å². The second-order valence-corrected chi connectivity index (χ2v) is 4.15. The largest absolute Gasteiger partial charge is 0.368 e. The Kier molecular flexibility index (Phi) is 4.96. The van der Waals surface area contributed by atoms with Gasteiger partial charge in [0.1, 0.15) is 11.6 Å². The normalized spacial score (nSPS) is 12.5. The lowest BCUT2D eigenvalue weighted by Crippen LogP contribution is -2.26. The number of nitrogens with zero attached hydrogens (tertiary/aromatic N) is 2. The highest BCUT2D eigenvalue weighted by atomic mass is 15.3.